The van der Waals surface area contributed by atoms with Crippen LogP contribution in [0.2, 0.25) is 0 Å². The molecule has 1 saturated heterocycles. The lowest BCUT2D eigenvalue weighted by molar-refractivity contribution is -0.149. The number of hydrogen-bond acceptors (Lipinski definition) is 6. The van der Waals surface area contributed by atoms with Crippen LogP contribution in [-0.4, -0.2) is 46.6 Å². The minimum absolute atomic E-state index is 0.166. The van der Waals surface area contributed by atoms with E-state index in [1.807, 2.05) is 0 Å². The lowest BCUT2D eigenvalue weighted by Gasteiger charge is -2.31. The first-order chi connectivity index (χ1) is 15.0. The Kier molecular flexibility index (Phi) is 6.06. The number of nitrogens with zero attached hydrogens (tertiary/aromatic N) is 3. The molecule has 1 aromatic heterocycles. The van der Waals surface area contributed by atoms with Crippen molar-refractivity contribution in [3.05, 3.63) is 59.9 Å². The zero-order chi connectivity index (χ0) is 21.8. The number of esters is 1. The van der Waals surface area contributed by atoms with E-state index in [4.69, 9.17) is 9.26 Å². The van der Waals surface area contributed by atoms with Gasteiger partial charge in [0.1, 0.15) is 5.82 Å². The van der Waals surface area contributed by atoms with Crippen LogP contribution < -0.4 is 0 Å². The van der Waals surface area contributed by atoms with Crippen molar-refractivity contribution in [2.75, 3.05) is 19.7 Å². The molecular weight excluding hydrogens is 401 g/mol. The topological polar surface area (TPSA) is 85.5 Å². The quantitative estimate of drug-likeness (QED) is 0.578. The fourth-order valence-electron chi connectivity index (χ4n) is 3.67. The summed E-state index contributed by atoms with van der Waals surface area (Å²) >= 11 is 0. The lowest BCUT2D eigenvalue weighted by Crippen LogP contribution is -2.42. The molecule has 0 aliphatic carbocycles. The Morgan fingerprint density at radius 1 is 1.19 bits per heavy atom. The number of ether oxygens (including phenoxy) is 1. The maximum absolute atomic E-state index is 13.5. The summed E-state index contributed by atoms with van der Waals surface area (Å²) in [6.45, 7) is 3.02. The van der Waals surface area contributed by atoms with Gasteiger partial charge in [-0.2, -0.15) is 4.98 Å². The molecule has 4 rings (SSSR count). The fourth-order valence-corrected chi connectivity index (χ4v) is 3.67. The van der Waals surface area contributed by atoms with E-state index in [2.05, 4.69) is 10.1 Å². The van der Waals surface area contributed by atoms with Crippen LogP contribution in [0, 0.1) is 11.7 Å². The highest BCUT2D eigenvalue weighted by atomic mass is 19.1. The number of benzene rings is 2. The van der Waals surface area contributed by atoms with Crippen molar-refractivity contribution in [2.45, 2.75) is 19.8 Å². The van der Waals surface area contributed by atoms with E-state index in [-0.39, 0.29) is 35.3 Å². The normalized spacial score (nSPS) is 16.2. The number of likely N-dealkylation sites (tertiary alicyclic amines) is 1. The molecule has 0 unspecified atom stereocenters. The number of aromatic nitrogens is 2. The van der Waals surface area contributed by atoms with E-state index < -0.39 is 0 Å². The number of hydrogen-bond donors (Lipinski definition) is 0. The highest BCUT2D eigenvalue weighted by Crippen LogP contribution is 2.25. The molecular formula is C23H22FN3O4. The van der Waals surface area contributed by atoms with Crippen LogP contribution in [0.4, 0.5) is 4.39 Å². The highest BCUT2D eigenvalue weighted by Gasteiger charge is 2.30. The standard InChI is InChI=1S/C23H22FN3O4/c1-2-30-23(29)18-9-5-11-27(14-18)22(28)17-8-3-7-16(12-17)21-25-20(26-31-21)15-6-4-10-19(24)13-15/h3-4,6-8,10,12-13,18H,2,5,9,11,14H2,1H3/t18-/m1/s1. The van der Waals surface area contributed by atoms with Crippen LogP contribution >= 0.6 is 0 Å². The van der Waals surface area contributed by atoms with Gasteiger partial charge in [0.2, 0.25) is 5.82 Å². The van der Waals surface area contributed by atoms with Crippen molar-refractivity contribution in [1.82, 2.24) is 15.0 Å². The molecule has 7 nitrogen and oxygen atoms in total. The van der Waals surface area contributed by atoms with Gasteiger partial charge in [0.05, 0.1) is 12.5 Å². The Hall–Kier alpha value is -3.55. The average molecular weight is 423 g/mol. The van der Waals surface area contributed by atoms with Gasteiger partial charge in [-0.3, -0.25) is 9.59 Å². The average Bonchev–Trinajstić information content (AvgIpc) is 3.29. The summed E-state index contributed by atoms with van der Waals surface area (Å²) in [6, 6.07) is 12.8. The predicted octanol–water partition coefficient (Wildman–Crippen LogP) is 3.96. The molecule has 1 amide bonds. The summed E-state index contributed by atoms with van der Waals surface area (Å²) in [7, 11) is 0. The minimum atomic E-state index is -0.390. The van der Waals surface area contributed by atoms with E-state index >= 15 is 0 Å². The third-order valence-electron chi connectivity index (χ3n) is 5.19. The number of amides is 1. The maximum Gasteiger partial charge on any atom is 0.310 e. The van der Waals surface area contributed by atoms with Crippen LogP contribution in [-0.2, 0) is 9.53 Å². The number of carbonyl (C=O) groups excluding carboxylic acids is 2. The first-order valence-electron chi connectivity index (χ1n) is 10.2. The monoisotopic (exact) mass is 423 g/mol. The second-order valence-electron chi connectivity index (χ2n) is 7.36. The molecule has 1 fully saturated rings. The maximum atomic E-state index is 13.5. The van der Waals surface area contributed by atoms with Crippen molar-refractivity contribution in [2.24, 2.45) is 5.92 Å². The zero-order valence-electron chi connectivity index (χ0n) is 17.1. The van der Waals surface area contributed by atoms with Crippen molar-refractivity contribution in [3.8, 4) is 22.8 Å². The highest BCUT2D eigenvalue weighted by molar-refractivity contribution is 5.95. The van der Waals surface area contributed by atoms with E-state index in [0.29, 0.717) is 42.8 Å². The van der Waals surface area contributed by atoms with Gasteiger partial charge in [0.25, 0.3) is 11.8 Å². The first-order valence-corrected chi connectivity index (χ1v) is 10.2. The molecule has 2 heterocycles. The van der Waals surface area contributed by atoms with E-state index in [9.17, 15) is 14.0 Å². The predicted molar refractivity (Wildman–Crippen MR) is 110 cm³/mol. The minimum Gasteiger partial charge on any atom is -0.466 e. The summed E-state index contributed by atoms with van der Waals surface area (Å²) in [5, 5.41) is 3.92. The fraction of sp³-hybridized carbons (Fsp3) is 0.304. The van der Waals surface area contributed by atoms with Crippen LogP contribution in [0.5, 0.6) is 0 Å². The smallest absolute Gasteiger partial charge is 0.310 e. The summed E-state index contributed by atoms with van der Waals surface area (Å²) in [6.07, 6.45) is 1.46. The third-order valence-corrected chi connectivity index (χ3v) is 5.19. The second kappa shape index (κ2) is 9.07. The summed E-state index contributed by atoms with van der Waals surface area (Å²) in [5.74, 6) is -0.619. The number of rotatable bonds is 5. The van der Waals surface area contributed by atoms with Crippen LogP contribution in [0.3, 0.4) is 0 Å². The largest absolute Gasteiger partial charge is 0.466 e. The molecule has 0 saturated carbocycles. The number of halogens is 1. The van der Waals surface area contributed by atoms with Gasteiger partial charge >= 0.3 is 5.97 Å². The van der Waals surface area contributed by atoms with Gasteiger partial charge in [0, 0.05) is 29.8 Å². The molecule has 3 aromatic rings. The van der Waals surface area contributed by atoms with Crippen LogP contribution in [0.15, 0.2) is 53.1 Å². The molecule has 1 atom stereocenters. The molecule has 8 heteroatoms. The number of carbonyl (C=O) groups is 2. The molecule has 0 N–H and O–H groups in total. The molecule has 2 aromatic carbocycles. The Morgan fingerprint density at radius 3 is 2.81 bits per heavy atom. The van der Waals surface area contributed by atoms with Gasteiger partial charge in [-0.1, -0.05) is 23.4 Å². The van der Waals surface area contributed by atoms with E-state index in [1.54, 1.807) is 48.2 Å². The zero-order valence-corrected chi connectivity index (χ0v) is 17.1. The van der Waals surface area contributed by atoms with Crippen molar-refractivity contribution >= 4 is 11.9 Å². The Morgan fingerprint density at radius 2 is 2.00 bits per heavy atom. The summed E-state index contributed by atoms with van der Waals surface area (Å²) in [5.41, 5.74) is 1.55. The van der Waals surface area contributed by atoms with Crippen LogP contribution in [0.25, 0.3) is 22.8 Å². The SMILES string of the molecule is CCOC(=O)[C@@H]1CCCN(C(=O)c2cccc(-c3nc(-c4cccc(F)c4)no3)c2)C1. The van der Waals surface area contributed by atoms with Gasteiger partial charge in [-0.15, -0.1) is 0 Å². The summed E-state index contributed by atoms with van der Waals surface area (Å²) < 4.78 is 23.9. The van der Waals surface area contributed by atoms with Crippen molar-refractivity contribution < 1.29 is 23.2 Å². The second-order valence-corrected chi connectivity index (χ2v) is 7.36. The van der Waals surface area contributed by atoms with Gasteiger partial charge in [-0.25, -0.2) is 4.39 Å². The van der Waals surface area contributed by atoms with Crippen molar-refractivity contribution in [1.29, 1.82) is 0 Å². The van der Waals surface area contributed by atoms with Crippen molar-refractivity contribution in [3.63, 3.8) is 0 Å². The van der Waals surface area contributed by atoms with Gasteiger partial charge in [-0.05, 0) is 50.1 Å². The molecule has 160 valence electrons. The third kappa shape index (κ3) is 4.63. The molecule has 1 aliphatic heterocycles. The van der Waals surface area contributed by atoms with E-state index in [0.717, 1.165) is 6.42 Å². The summed E-state index contributed by atoms with van der Waals surface area (Å²) in [4.78, 5) is 31.1. The van der Waals surface area contributed by atoms with E-state index in [1.165, 1.54) is 12.1 Å². The Bertz CT molecular complexity index is 1100. The Labute approximate surface area is 178 Å². The molecule has 0 spiro atoms. The molecule has 0 bridgehead atoms. The van der Waals surface area contributed by atoms with Gasteiger partial charge < -0.3 is 14.2 Å². The Balaban J connectivity index is 1.52. The molecule has 31 heavy (non-hydrogen) atoms. The van der Waals surface area contributed by atoms with Gasteiger partial charge in [0.15, 0.2) is 0 Å². The molecule has 0 radical (unpaired) electrons. The molecule has 1 aliphatic rings. The lowest BCUT2D eigenvalue weighted by atomic mass is 9.97. The number of piperidine rings is 1. The van der Waals surface area contributed by atoms with Crippen LogP contribution in [0.1, 0.15) is 30.1 Å². The first kappa shape index (κ1) is 20.7.